The van der Waals surface area contributed by atoms with E-state index in [9.17, 15) is 18.9 Å². The number of aromatic nitrogens is 3. The molecule has 0 spiro atoms. The van der Waals surface area contributed by atoms with Crippen LogP contribution >= 0.6 is 11.6 Å². The molecule has 3 heterocycles. The minimum Gasteiger partial charge on any atom is -0.481 e. The van der Waals surface area contributed by atoms with Crippen molar-refractivity contribution in [2.24, 2.45) is 23.7 Å². The fraction of sp³-hybridized carbons (Fsp3) is 0.444. The molecule has 50 heavy (non-hydrogen) atoms. The molecule has 2 aromatic carbocycles. The molecule has 264 valence electrons. The summed E-state index contributed by atoms with van der Waals surface area (Å²) in [5, 5.41) is 12.6. The summed E-state index contributed by atoms with van der Waals surface area (Å²) < 4.78 is 29.6. The molecule has 0 radical (unpaired) electrons. The van der Waals surface area contributed by atoms with Crippen LogP contribution in [0.1, 0.15) is 67.9 Å². The third-order valence-electron chi connectivity index (χ3n) is 9.87. The molecule has 2 aliphatic rings. The van der Waals surface area contributed by atoms with E-state index in [4.69, 9.17) is 32.1 Å². The van der Waals surface area contributed by atoms with Crippen LogP contribution in [-0.4, -0.2) is 55.0 Å². The van der Waals surface area contributed by atoms with Gasteiger partial charge in [0.25, 0.3) is 0 Å². The number of carbonyl (C=O) groups is 2. The number of nitrogens with zero attached hydrogens (tertiary/aromatic N) is 4. The fourth-order valence-electron chi connectivity index (χ4n) is 7.49. The van der Waals surface area contributed by atoms with E-state index in [0.717, 1.165) is 29.7 Å². The lowest BCUT2D eigenvalue weighted by Gasteiger charge is -2.37. The minimum absolute atomic E-state index is 0.00441. The van der Waals surface area contributed by atoms with Crippen LogP contribution in [0.2, 0.25) is 5.15 Å². The first-order valence-electron chi connectivity index (χ1n) is 16.8. The van der Waals surface area contributed by atoms with Gasteiger partial charge in [-0.3, -0.25) is 14.6 Å². The summed E-state index contributed by atoms with van der Waals surface area (Å²) in [6.45, 7) is 19.0. The summed E-state index contributed by atoms with van der Waals surface area (Å²) in [6, 6.07) is 11.0. The van der Waals surface area contributed by atoms with Crippen molar-refractivity contribution in [2.45, 2.75) is 66.4 Å². The predicted molar refractivity (Wildman–Crippen MR) is 193 cm³/mol. The highest BCUT2D eigenvalue weighted by atomic mass is 35.5. The van der Waals surface area contributed by atoms with Crippen molar-refractivity contribution in [3.8, 4) is 17.1 Å². The number of hydrogen-bond acceptors (Lipinski definition) is 7. The number of benzene rings is 2. The maximum Gasteiger partial charge on any atom is 0.331 e. The van der Waals surface area contributed by atoms with Gasteiger partial charge in [-0.2, -0.15) is 4.21 Å². The molecule has 0 bridgehead atoms. The van der Waals surface area contributed by atoms with Crippen LogP contribution in [0.25, 0.3) is 21.9 Å². The highest BCUT2D eigenvalue weighted by Crippen LogP contribution is 2.40. The standard InChI is InChI=1S/C36H41ClN6O6S/c1-19-7-10-28(21(3)15-19)49-50(47)41-26-18-25(8-9-27(26)42-13-11-24(12-14-42)35(44)45)33-39-34-29(30(38-6)32(37)43(34)40-33)36(46)48-31-22(4)16-20(2)17-23(31)5/h7-10,15,18,20,22-24,31,41H,11-14,16-17H2,1-5H3,(H,39,40)(H,44,45). The van der Waals surface area contributed by atoms with Crippen molar-refractivity contribution in [1.29, 1.82) is 0 Å². The van der Waals surface area contributed by atoms with Gasteiger partial charge in [-0.25, -0.2) is 19.1 Å². The molecule has 2 aromatic heterocycles. The number of fused-ring (bicyclic) bond motifs is 1. The molecule has 1 aliphatic carbocycles. The van der Waals surface area contributed by atoms with E-state index < -0.39 is 29.1 Å². The van der Waals surface area contributed by atoms with Crippen molar-refractivity contribution >= 4 is 57.5 Å². The number of H-pyrrole nitrogens is 1. The monoisotopic (exact) mass is 720 g/mol. The lowest BCUT2D eigenvalue weighted by atomic mass is 9.75. The number of carbonyl (C=O) groups excluding carboxylic acids is 1. The number of halogens is 1. The molecular weight excluding hydrogens is 680 g/mol. The Bertz CT molecular complexity index is 2000. The van der Waals surface area contributed by atoms with E-state index in [1.807, 2.05) is 43.0 Å². The number of carboxylic acid groups (broad SMARTS) is 1. The number of aliphatic carboxylic acids is 1. The summed E-state index contributed by atoms with van der Waals surface area (Å²) in [4.78, 5) is 35.6. The predicted octanol–water partition coefficient (Wildman–Crippen LogP) is 7.75. The Morgan fingerprint density at radius 2 is 1.80 bits per heavy atom. The number of aromatic amines is 1. The number of aryl methyl sites for hydroxylation is 2. The second-order valence-electron chi connectivity index (χ2n) is 13.8. The van der Waals surface area contributed by atoms with E-state index >= 15 is 0 Å². The molecule has 4 aromatic rings. The van der Waals surface area contributed by atoms with Gasteiger partial charge in [-0.05, 0) is 87.1 Å². The van der Waals surface area contributed by atoms with E-state index in [0.29, 0.717) is 54.7 Å². The molecule has 1 saturated carbocycles. The molecule has 6 rings (SSSR count). The molecule has 3 unspecified atom stereocenters. The van der Waals surface area contributed by atoms with Crippen molar-refractivity contribution in [1.82, 2.24) is 14.6 Å². The fourth-order valence-corrected chi connectivity index (χ4v) is 8.48. The van der Waals surface area contributed by atoms with Crippen molar-refractivity contribution in [3.05, 3.63) is 69.7 Å². The number of piperidine rings is 1. The van der Waals surface area contributed by atoms with Crippen molar-refractivity contribution in [3.63, 3.8) is 0 Å². The van der Waals surface area contributed by atoms with Gasteiger partial charge in [-0.1, -0.05) is 50.1 Å². The Hall–Kier alpha value is -4.54. The van der Waals surface area contributed by atoms with Crippen LogP contribution in [-0.2, 0) is 20.8 Å². The molecule has 0 amide bonds. The molecule has 3 atom stereocenters. The van der Waals surface area contributed by atoms with Gasteiger partial charge in [-0.15, -0.1) is 0 Å². The lowest BCUT2D eigenvalue weighted by molar-refractivity contribution is -0.142. The Labute approximate surface area is 298 Å². The van der Waals surface area contributed by atoms with Crippen LogP contribution in [0.15, 0.2) is 36.4 Å². The first-order chi connectivity index (χ1) is 23.8. The zero-order chi connectivity index (χ0) is 35.9. The summed E-state index contributed by atoms with van der Waals surface area (Å²) in [5.41, 5.74) is 3.80. The van der Waals surface area contributed by atoms with Crippen molar-refractivity contribution < 1.29 is 27.8 Å². The lowest BCUT2D eigenvalue weighted by Crippen LogP contribution is -2.37. The smallest absolute Gasteiger partial charge is 0.331 e. The van der Waals surface area contributed by atoms with Crippen LogP contribution in [0, 0.1) is 44.1 Å². The molecule has 1 saturated heterocycles. The Morgan fingerprint density at radius 3 is 2.44 bits per heavy atom. The first-order valence-corrected chi connectivity index (χ1v) is 18.2. The number of hydrogen-bond donors (Lipinski definition) is 3. The average molecular weight is 721 g/mol. The number of carboxylic acids is 1. The maximum atomic E-state index is 13.7. The normalized spacial score (nSPS) is 21.8. The van der Waals surface area contributed by atoms with E-state index in [1.54, 1.807) is 12.1 Å². The molecule has 14 heteroatoms. The highest BCUT2D eigenvalue weighted by molar-refractivity contribution is 7.82. The Kier molecular flexibility index (Phi) is 10.1. The van der Waals surface area contributed by atoms with Gasteiger partial charge in [0.2, 0.25) is 5.69 Å². The number of rotatable bonds is 9. The first kappa shape index (κ1) is 35.3. The number of ether oxygens (including phenoxy) is 1. The average Bonchev–Trinajstić information content (AvgIpc) is 3.61. The zero-order valence-electron chi connectivity index (χ0n) is 28.7. The second kappa shape index (κ2) is 14.4. The third-order valence-corrected chi connectivity index (χ3v) is 10.9. The van der Waals surface area contributed by atoms with E-state index in [2.05, 4.69) is 35.4 Å². The van der Waals surface area contributed by atoms with Gasteiger partial charge >= 0.3 is 23.2 Å². The minimum atomic E-state index is -1.99. The van der Waals surface area contributed by atoms with E-state index in [-0.39, 0.29) is 40.0 Å². The summed E-state index contributed by atoms with van der Waals surface area (Å²) >= 11 is 4.65. The van der Waals surface area contributed by atoms with Crippen LogP contribution in [0.4, 0.5) is 17.1 Å². The molecule has 12 nitrogen and oxygen atoms in total. The van der Waals surface area contributed by atoms with Crippen LogP contribution in [0.3, 0.4) is 0 Å². The van der Waals surface area contributed by atoms with Gasteiger partial charge in [0.05, 0.1) is 23.9 Å². The number of esters is 1. The quantitative estimate of drug-likeness (QED) is 0.118. The van der Waals surface area contributed by atoms with E-state index in [1.165, 1.54) is 4.52 Å². The number of nitrogens with one attached hydrogen (secondary N) is 2. The highest BCUT2D eigenvalue weighted by Gasteiger charge is 2.36. The van der Waals surface area contributed by atoms with Gasteiger partial charge in [0.15, 0.2) is 11.5 Å². The SMILES string of the molecule is [C-]#[N+]c1c(C(=O)OC2C(C)CC(C)CC2C)c2nc(-c3ccc(N4CCC(C(=O)O)CC4)c(NS(=O)Oc4ccc(C)cc4C)c3)[nH]n2c1Cl. The van der Waals surface area contributed by atoms with Crippen LogP contribution < -0.4 is 13.8 Å². The third kappa shape index (κ3) is 7.04. The topological polar surface area (TPSA) is 143 Å². The second-order valence-corrected chi connectivity index (χ2v) is 15.0. The maximum absolute atomic E-state index is 13.7. The van der Waals surface area contributed by atoms with Gasteiger partial charge < -0.3 is 18.9 Å². The summed E-state index contributed by atoms with van der Waals surface area (Å²) in [6.07, 6.45) is 2.54. The van der Waals surface area contributed by atoms with Gasteiger partial charge in [0, 0.05) is 18.7 Å². The van der Waals surface area contributed by atoms with Gasteiger partial charge in [0.1, 0.15) is 22.6 Å². The zero-order valence-corrected chi connectivity index (χ0v) is 30.2. The number of anilines is 2. The largest absolute Gasteiger partial charge is 0.481 e. The molecule has 3 N–H and O–H groups in total. The van der Waals surface area contributed by atoms with Crippen LogP contribution in [0.5, 0.6) is 5.75 Å². The molecule has 2 fully saturated rings. The summed E-state index contributed by atoms with van der Waals surface area (Å²) in [5.74, 6) is -0.178. The summed E-state index contributed by atoms with van der Waals surface area (Å²) in [7, 11) is 0. The molecular formula is C36H41ClN6O6S. The Morgan fingerprint density at radius 1 is 1.10 bits per heavy atom. The Balaban J connectivity index is 1.34. The molecule has 1 aliphatic heterocycles. The van der Waals surface area contributed by atoms with Crippen molar-refractivity contribution in [2.75, 3.05) is 22.7 Å².